The van der Waals surface area contributed by atoms with E-state index in [2.05, 4.69) is 17.4 Å². The number of anilines is 1. The molecule has 7 heteroatoms. The highest BCUT2D eigenvalue weighted by molar-refractivity contribution is 7.89. The van der Waals surface area contributed by atoms with Gasteiger partial charge >= 0.3 is 6.03 Å². The molecule has 0 saturated carbocycles. The molecular formula is C20H23N3O3S. The lowest BCUT2D eigenvalue weighted by Crippen LogP contribution is -2.51. The van der Waals surface area contributed by atoms with Gasteiger partial charge in [0.15, 0.2) is 0 Å². The van der Waals surface area contributed by atoms with Gasteiger partial charge in [-0.05, 0) is 54.7 Å². The van der Waals surface area contributed by atoms with Crippen molar-refractivity contribution in [2.45, 2.75) is 24.2 Å². The third kappa shape index (κ3) is 3.70. The number of rotatable bonds is 3. The number of amides is 2. The summed E-state index contributed by atoms with van der Waals surface area (Å²) in [4.78, 5) is 14.5. The largest absolute Gasteiger partial charge is 0.322 e. The molecule has 6 nitrogen and oxygen atoms in total. The van der Waals surface area contributed by atoms with Gasteiger partial charge in [0.25, 0.3) is 0 Å². The summed E-state index contributed by atoms with van der Waals surface area (Å²) in [6, 6.07) is 14.3. The van der Waals surface area contributed by atoms with E-state index in [4.69, 9.17) is 0 Å². The predicted molar refractivity (Wildman–Crippen MR) is 104 cm³/mol. The Kier molecular flexibility index (Phi) is 4.88. The SMILES string of the molecule is O=C(Nc1ccc2c(c1)CCC2)N1CCN(S(=O)(=O)c2ccccc2)CC1. The van der Waals surface area contributed by atoms with Gasteiger partial charge in [-0.1, -0.05) is 24.3 Å². The maximum absolute atomic E-state index is 12.7. The number of nitrogens with one attached hydrogen (secondary N) is 1. The molecule has 2 aromatic rings. The average Bonchev–Trinajstić information content (AvgIpc) is 3.16. The van der Waals surface area contributed by atoms with Crippen molar-refractivity contribution >= 4 is 21.7 Å². The normalized spacial score (nSPS) is 17.6. The first kappa shape index (κ1) is 18.0. The molecule has 0 radical (unpaired) electrons. The van der Waals surface area contributed by atoms with E-state index in [1.165, 1.54) is 21.9 Å². The van der Waals surface area contributed by atoms with Gasteiger partial charge in [-0.25, -0.2) is 13.2 Å². The topological polar surface area (TPSA) is 69.7 Å². The van der Waals surface area contributed by atoms with E-state index >= 15 is 0 Å². The number of hydrogen-bond donors (Lipinski definition) is 1. The molecule has 0 unspecified atom stereocenters. The summed E-state index contributed by atoms with van der Waals surface area (Å²) in [5.41, 5.74) is 3.49. The van der Waals surface area contributed by atoms with Crippen LogP contribution in [0, 0.1) is 0 Å². The van der Waals surface area contributed by atoms with E-state index in [-0.39, 0.29) is 6.03 Å². The van der Waals surface area contributed by atoms with Crippen molar-refractivity contribution in [1.82, 2.24) is 9.21 Å². The van der Waals surface area contributed by atoms with E-state index in [0.717, 1.165) is 18.5 Å². The number of benzene rings is 2. The molecule has 1 N–H and O–H groups in total. The highest BCUT2D eigenvalue weighted by Crippen LogP contribution is 2.25. The van der Waals surface area contributed by atoms with E-state index in [0.29, 0.717) is 31.1 Å². The van der Waals surface area contributed by atoms with Crippen molar-refractivity contribution in [1.29, 1.82) is 0 Å². The molecule has 2 aromatic carbocycles. The molecular weight excluding hydrogens is 362 g/mol. The molecule has 1 aliphatic carbocycles. The van der Waals surface area contributed by atoms with Crippen LogP contribution in [0.1, 0.15) is 17.5 Å². The lowest BCUT2D eigenvalue weighted by Gasteiger charge is -2.34. The van der Waals surface area contributed by atoms with E-state index in [1.54, 1.807) is 35.2 Å². The summed E-state index contributed by atoms with van der Waals surface area (Å²) in [5, 5.41) is 2.95. The predicted octanol–water partition coefficient (Wildman–Crippen LogP) is 2.71. The summed E-state index contributed by atoms with van der Waals surface area (Å²) >= 11 is 0. The first-order valence-electron chi connectivity index (χ1n) is 9.27. The molecule has 4 rings (SSSR count). The lowest BCUT2D eigenvalue weighted by atomic mass is 10.1. The van der Waals surface area contributed by atoms with Gasteiger partial charge < -0.3 is 10.2 Å². The van der Waals surface area contributed by atoms with Crippen molar-refractivity contribution in [3.8, 4) is 0 Å². The second kappa shape index (κ2) is 7.32. The summed E-state index contributed by atoms with van der Waals surface area (Å²) in [5.74, 6) is 0. The summed E-state index contributed by atoms with van der Waals surface area (Å²) in [6.45, 7) is 1.36. The van der Waals surface area contributed by atoms with Gasteiger partial charge in [0.2, 0.25) is 10.0 Å². The van der Waals surface area contributed by atoms with Crippen LogP contribution in [0.5, 0.6) is 0 Å². The smallest absolute Gasteiger partial charge is 0.321 e. The summed E-state index contributed by atoms with van der Waals surface area (Å²) < 4.78 is 26.8. The molecule has 1 aliphatic heterocycles. The second-order valence-electron chi connectivity index (χ2n) is 6.97. The molecule has 1 saturated heterocycles. The van der Waals surface area contributed by atoms with Gasteiger partial charge in [0, 0.05) is 31.9 Å². The number of hydrogen-bond acceptors (Lipinski definition) is 3. The van der Waals surface area contributed by atoms with Crippen LogP contribution in [0.15, 0.2) is 53.4 Å². The van der Waals surface area contributed by atoms with Crippen molar-refractivity contribution < 1.29 is 13.2 Å². The Morgan fingerprint density at radius 3 is 2.33 bits per heavy atom. The summed E-state index contributed by atoms with van der Waals surface area (Å²) in [7, 11) is -3.50. The Morgan fingerprint density at radius 1 is 0.889 bits per heavy atom. The minimum atomic E-state index is -3.50. The van der Waals surface area contributed by atoms with Crippen LogP contribution in [0.3, 0.4) is 0 Å². The number of piperazine rings is 1. The monoisotopic (exact) mass is 385 g/mol. The molecule has 0 spiro atoms. The quantitative estimate of drug-likeness (QED) is 0.883. The Hall–Kier alpha value is -2.38. The standard InChI is InChI=1S/C20H23N3O3S/c24-20(21-18-10-9-16-5-4-6-17(16)15-18)22-11-13-23(14-12-22)27(25,26)19-7-2-1-3-8-19/h1-3,7-10,15H,4-6,11-14H2,(H,21,24). The van der Waals surface area contributed by atoms with Crippen molar-refractivity contribution in [2.75, 3.05) is 31.5 Å². The minimum absolute atomic E-state index is 0.176. The van der Waals surface area contributed by atoms with Crippen LogP contribution in [0.2, 0.25) is 0 Å². The van der Waals surface area contributed by atoms with Crippen molar-refractivity contribution in [2.24, 2.45) is 0 Å². The van der Waals surface area contributed by atoms with Gasteiger partial charge in [0.1, 0.15) is 0 Å². The zero-order valence-electron chi connectivity index (χ0n) is 15.1. The van der Waals surface area contributed by atoms with Gasteiger partial charge in [-0.15, -0.1) is 0 Å². The third-order valence-corrected chi connectivity index (χ3v) is 7.17. The van der Waals surface area contributed by atoms with Crippen LogP contribution in [-0.4, -0.2) is 49.8 Å². The fourth-order valence-corrected chi connectivity index (χ4v) is 5.17. The van der Waals surface area contributed by atoms with Crippen LogP contribution >= 0.6 is 0 Å². The van der Waals surface area contributed by atoms with Gasteiger partial charge in [0.05, 0.1) is 4.90 Å². The maximum Gasteiger partial charge on any atom is 0.321 e. The number of nitrogens with zero attached hydrogens (tertiary/aromatic N) is 2. The number of sulfonamides is 1. The number of urea groups is 1. The molecule has 1 fully saturated rings. The van der Waals surface area contributed by atoms with Crippen LogP contribution in [0.4, 0.5) is 10.5 Å². The zero-order chi connectivity index (χ0) is 18.9. The molecule has 1 heterocycles. The maximum atomic E-state index is 12.7. The number of aryl methyl sites for hydroxylation is 2. The second-order valence-corrected chi connectivity index (χ2v) is 8.91. The molecule has 2 aliphatic rings. The Morgan fingerprint density at radius 2 is 1.59 bits per heavy atom. The minimum Gasteiger partial charge on any atom is -0.322 e. The first-order chi connectivity index (χ1) is 13.0. The molecule has 27 heavy (non-hydrogen) atoms. The van der Waals surface area contributed by atoms with Crippen molar-refractivity contribution in [3.63, 3.8) is 0 Å². The van der Waals surface area contributed by atoms with E-state index < -0.39 is 10.0 Å². The molecule has 0 aromatic heterocycles. The van der Waals surface area contributed by atoms with Crippen LogP contribution in [-0.2, 0) is 22.9 Å². The number of carbonyl (C=O) groups is 1. The van der Waals surface area contributed by atoms with Crippen LogP contribution < -0.4 is 5.32 Å². The van der Waals surface area contributed by atoms with Crippen molar-refractivity contribution in [3.05, 3.63) is 59.7 Å². The molecule has 0 bridgehead atoms. The average molecular weight is 385 g/mol. The Labute approximate surface area is 159 Å². The fourth-order valence-electron chi connectivity index (χ4n) is 3.73. The molecule has 0 atom stereocenters. The van der Waals surface area contributed by atoms with E-state index in [1.807, 2.05) is 6.07 Å². The van der Waals surface area contributed by atoms with Gasteiger partial charge in [-0.2, -0.15) is 4.31 Å². The lowest BCUT2D eigenvalue weighted by molar-refractivity contribution is 0.184. The highest BCUT2D eigenvalue weighted by atomic mass is 32.2. The number of fused-ring (bicyclic) bond motifs is 1. The highest BCUT2D eigenvalue weighted by Gasteiger charge is 2.30. The Balaban J connectivity index is 1.37. The van der Waals surface area contributed by atoms with Crippen LogP contribution in [0.25, 0.3) is 0 Å². The van der Waals surface area contributed by atoms with Gasteiger partial charge in [-0.3, -0.25) is 0 Å². The summed E-state index contributed by atoms with van der Waals surface area (Å²) in [6.07, 6.45) is 3.35. The molecule has 142 valence electrons. The third-order valence-electron chi connectivity index (χ3n) is 5.26. The Bertz CT molecular complexity index is 936. The van der Waals surface area contributed by atoms with E-state index in [9.17, 15) is 13.2 Å². The number of carbonyl (C=O) groups excluding carboxylic acids is 1. The fraction of sp³-hybridized carbons (Fsp3) is 0.350. The zero-order valence-corrected chi connectivity index (χ0v) is 15.9. The molecule has 2 amide bonds. The first-order valence-corrected chi connectivity index (χ1v) is 10.7.